The number of carboxylic acid groups (broad SMARTS) is 1. The van der Waals surface area contributed by atoms with E-state index in [0.717, 1.165) is 0 Å². The molecule has 0 bridgehead atoms. The standard InChI is InChI=1S/C29H54N4O8/c1-27(2,3)39-24(36)10-11-30-12-14-32(21-25(37)40-28(4,5)6)18-16-31(20-23(34)35)17-19-33(15-13-30)22-26(38)41-29(7,8)9/h10-22H2,1-9H3,(H,34,35). The second-order valence-corrected chi connectivity index (χ2v) is 13.6. The second kappa shape index (κ2) is 16.4. The van der Waals surface area contributed by atoms with Gasteiger partial charge in [0.2, 0.25) is 0 Å². The molecule has 0 amide bonds. The van der Waals surface area contributed by atoms with Gasteiger partial charge in [0.1, 0.15) is 16.8 Å². The van der Waals surface area contributed by atoms with Gasteiger partial charge in [-0.25, -0.2) is 0 Å². The Hall–Kier alpha value is -2.28. The minimum absolute atomic E-state index is 0.0723. The maximum atomic E-state index is 12.6. The van der Waals surface area contributed by atoms with Gasteiger partial charge < -0.3 is 24.2 Å². The van der Waals surface area contributed by atoms with Crippen LogP contribution in [-0.4, -0.2) is 144 Å². The molecule has 0 aromatic rings. The van der Waals surface area contributed by atoms with Crippen LogP contribution >= 0.6 is 0 Å². The number of carbonyl (C=O) groups is 4. The number of aliphatic carboxylic acids is 1. The van der Waals surface area contributed by atoms with Crippen LogP contribution in [0.4, 0.5) is 0 Å². The molecular weight excluding hydrogens is 532 g/mol. The van der Waals surface area contributed by atoms with Crippen LogP contribution in [-0.2, 0) is 33.4 Å². The zero-order chi connectivity index (χ0) is 31.4. The van der Waals surface area contributed by atoms with Gasteiger partial charge in [0, 0.05) is 58.9 Å². The quantitative estimate of drug-likeness (QED) is 0.312. The molecule has 0 aromatic heterocycles. The lowest BCUT2D eigenvalue weighted by Crippen LogP contribution is -2.49. The number of hydrogen-bond acceptors (Lipinski definition) is 11. The van der Waals surface area contributed by atoms with Crippen LogP contribution in [0.25, 0.3) is 0 Å². The lowest BCUT2D eigenvalue weighted by Gasteiger charge is -2.34. The third-order valence-electron chi connectivity index (χ3n) is 5.89. The lowest BCUT2D eigenvalue weighted by atomic mass is 10.2. The topological polar surface area (TPSA) is 129 Å². The predicted octanol–water partition coefficient (Wildman–Crippen LogP) is 1.71. The van der Waals surface area contributed by atoms with E-state index in [2.05, 4.69) is 4.90 Å². The Labute approximate surface area is 246 Å². The van der Waals surface area contributed by atoms with Gasteiger partial charge in [0.25, 0.3) is 0 Å². The Balaban J connectivity index is 3.10. The number of hydrogen-bond donors (Lipinski definition) is 1. The summed E-state index contributed by atoms with van der Waals surface area (Å²) in [6.45, 7) is 20.8. The van der Waals surface area contributed by atoms with Crippen molar-refractivity contribution in [2.45, 2.75) is 85.5 Å². The van der Waals surface area contributed by atoms with Gasteiger partial charge >= 0.3 is 23.9 Å². The Kier molecular flexibility index (Phi) is 14.7. The zero-order valence-corrected chi connectivity index (χ0v) is 26.8. The van der Waals surface area contributed by atoms with Crippen molar-refractivity contribution in [2.75, 3.05) is 78.5 Å². The lowest BCUT2D eigenvalue weighted by molar-refractivity contribution is -0.157. The average molecular weight is 587 g/mol. The molecule has 1 aliphatic rings. The number of ether oxygens (including phenoxy) is 3. The highest BCUT2D eigenvalue weighted by Crippen LogP contribution is 2.11. The SMILES string of the molecule is CC(C)(C)OC(=O)CCN1CCN(CC(=O)OC(C)(C)C)CCN(CC(=O)O)CCN(CC(=O)OC(C)(C)C)CC1. The normalized spacial score (nSPS) is 18.2. The molecule has 0 radical (unpaired) electrons. The van der Waals surface area contributed by atoms with Crippen molar-refractivity contribution < 1.29 is 38.5 Å². The van der Waals surface area contributed by atoms with Crippen LogP contribution in [0, 0.1) is 0 Å². The molecule has 0 aliphatic carbocycles. The summed E-state index contributed by atoms with van der Waals surface area (Å²) in [6.07, 6.45) is 0.210. The van der Waals surface area contributed by atoms with Crippen molar-refractivity contribution in [1.82, 2.24) is 19.6 Å². The first-order valence-corrected chi connectivity index (χ1v) is 14.5. The van der Waals surface area contributed by atoms with E-state index in [1.54, 1.807) is 0 Å². The van der Waals surface area contributed by atoms with E-state index in [9.17, 15) is 24.3 Å². The van der Waals surface area contributed by atoms with E-state index in [4.69, 9.17) is 14.2 Å². The van der Waals surface area contributed by atoms with Crippen LogP contribution in [0.3, 0.4) is 0 Å². The van der Waals surface area contributed by atoms with Crippen LogP contribution < -0.4 is 0 Å². The minimum atomic E-state index is -0.942. The van der Waals surface area contributed by atoms with Crippen molar-refractivity contribution in [2.24, 2.45) is 0 Å². The molecule has 0 atom stereocenters. The number of rotatable bonds is 9. The van der Waals surface area contributed by atoms with Crippen molar-refractivity contribution in [3.8, 4) is 0 Å². The van der Waals surface area contributed by atoms with E-state index >= 15 is 0 Å². The molecule has 12 nitrogen and oxygen atoms in total. The first kappa shape index (κ1) is 36.7. The van der Waals surface area contributed by atoms with Gasteiger partial charge in [-0.15, -0.1) is 0 Å². The molecule has 1 fully saturated rings. The summed E-state index contributed by atoms with van der Waals surface area (Å²) in [5.41, 5.74) is -1.80. The molecule has 1 N–H and O–H groups in total. The molecule has 0 saturated carbocycles. The number of esters is 3. The Morgan fingerprint density at radius 3 is 1.12 bits per heavy atom. The highest BCUT2D eigenvalue weighted by atomic mass is 16.6. The van der Waals surface area contributed by atoms with Crippen molar-refractivity contribution in [3.05, 3.63) is 0 Å². The van der Waals surface area contributed by atoms with Gasteiger partial charge in [-0.3, -0.25) is 33.9 Å². The molecule has 1 rings (SSSR count). The molecule has 0 spiro atoms. The van der Waals surface area contributed by atoms with Gasteiger partial charge in [-0.2, -0.15) is 0 Å². The molecule has 41 heavy (non-hydrogen) atoms. The highest BCUT2D eigenvalue weighted by Gasteiger charge is 2.25. The molecule has 0 unspecified atom stereocenters. The van der Waals surface area contributed by atoms with Gasteiger partial charge in [0.05, 0.1) is 26.1 Å². The van der Waals surface area contributed by atoms with Crippen molar-refractivity contribution in [3.63, 3.8) is 0 Å². The molecule has 238 valence electrons. The van der Waals surface area contributed by atoms with E-state index in [-0.39, 0.29) is 44.0 Å². The van der Waals surface area contributed by atoms with Gasteiger partial charge in [-0.05, 0) is 62.3 Å². The number of carboxylic acids is 1. The fraction of sp³-hybridized carbons (Fsp3) is 0.862. The van der Waals surface area contributed by atoms with E-state index in [1.807, 2.05) is 77.0 Å². The summed E-state index contributed by atoms with van der Waals surface area (Å²) >= 11 is 0. The third kappa shape index (κ3) is 19.5. The van der Waals surface area contributed by atoms with Crippen molar-refractivity contribution in [1.29, 1.82) is 0 Å². The fourth-order valence-corrected chi connectivity index (χ4v) is 4.22. The number of carbonyl (C=O) groups excluding carboxylic acids is 3. The minimum Gasteiger partial charge on any atom is -0.480 e. The first-order chi connectivity index (χ1) is 18.7. The molecular formula is C29H54N4O8. The molecule has 12 heteroatoms. The largest absolute Gasteiger partial charge is 0.480 e. The zero-order valence-electron chi connectivity index (χ0n) is 26.8. The fourth-order valence-electron chi connectivity index (χ4n) is 4.22. The smallest absolute Gasteiger partial charge is 0.320 e. The van der Waals surface area contributed by atoms with Crippen LogP contribution in [0.1, 0.15) is 68.7 Å². The monoisotopic (exact) mass is 586 g/mol. The van der Waals surface area contributed by atoms with Gasteiger partial charge in [0.15, 0.2) is 0 Å². The molecule has 1 saturated heterocycles. The summed E-state index contributed by atoms with van der Waals surface area (Å²) in [5, 5.41) is 9.48. The first-order valence-electron chi connectivity index (χ1n) is 14.5. The van der Waals surface area contributed by atoms with Crippen LogP contribution in [0.15, 0.2) is 0 Å². The molecule has 1 aliphatic heterocycles. The summed E-state index contributed by atoms with van der Waals surface area (Å²) in [4.78, 5) is 57.2. The van der Waals surface area contributed by atoms with Crippen LogP contribution in [0.2, 0.25) is 0 Å². The summed E-state index contributed by atoms with van der Waals surface area (Å²) in [7, 11) is 0. The van der Waals surface area contributed by atoms with E-state index in [1.165, 1.54) is 0 Å². The molecule has 1 heterocycles. The average Bonchev–Trinajstić information content (AvgIpc) is 2.74. The van der Waals surface area contributed by atoms with Crippen LogP contribution in [0.5, 0.6) is 0 Å². The highest BCUT2D eigenvalue weighted by molar-refractivity contribution is 5.72. The maximum absolute atomic E-state index is 12.6. The number of nitrogens with zero attached hydrogens (tertiary/aromatic N) is 4. The Morgan fingerprint density at radius 1 is 0.512 bits per heavy atom. The second-order valence-electron chi connectivity index (χ2n) is 13.6. The van der Waals surface area contributed by atoms with Crippen molar-refractivity contribution >= 4 is 23.9 Å². The predicted molar refractivity (Wildman–Crippen MR) is 156 cm³/mol. The van der Waals surface area contributed by atoms with Gasteiger partial charge in [-0.1, -0.05) is 0 Å². The summed E-state index contributed by atoms with van der Waals surface area (Å²) in [6, 6.07) is 0. The maximum Gasteiger partial charge on any atom is 0.320 e. The Morgan fingerprint density at radius 2 is 0.805 bits per heavy atom. The third-order valence-corrected chi connectivity index (χ3v) is 5.89. The molecule has 0 aromatic carbocycles. The summed E-state index contributed by atoms with van der Waals surface area (Å²) in [5.74, 6) is -1.93. The van der Waals surface area contributed by atoms with E-state index in [0.29, 0.717) is 58.9 Å². The Bertz CT molecular complexity index is 814. The summed E-state index contributed by atoms with van der Waals surface area (Å²) < 4.78 is 16.5. The van der Waals surface area contributed by atoms with E-state index < -0.39 is 22.8 Å².